The summed E-state index contributed by atoms with van der Waals surface area (Å²) in [5.41, 5.74) is 1.40. The topological polar surface area (TPSA) is 52.2 Å². The second-order valence-corrected chi connectivity index (χ2v) is 6.34. The molecule has 0 aromatic heterocycles. The van der Waals surface area contributed by atoms with Crippen LogP contribution in [0.3, 0.4) is 0 Å². The first-order valence-electron chi connectivity index (χ1n) is 4.80. The lowest BCUT2D eigenvalue weighted by Crippen LogP contribution is -2.31. The highest BCUT2D eigenvalue weighted by Crippen LogP contribution is 2.30. The number of benzene rings is 1. The summed E-state index contributed by atoms with van der Waals surface area (Å²) in [6, 6.07) is 8.08. The van der Waals surface area contributed by atoms with Crippen LogP contribution in [-0.2, 0) is 5.41 Å². The fourth-order valence-corrected chi connectivity index (χ4v) is 2.52. The fraction of sp³-hybridized carbons (Fsp3) is 0.364. The molecule has 0 fully saturated rings. The molecule has 0 saturated heterocycles. The van der Waals surface area contributed by atoms with Gasteiger partial charge in [-0.25, -0.2) is 0 Å². The van der Waals surface area contributed by atoms with Crippen LogP contribution in [0.25, 0.3) is 0 Å². The molecule has 0 spiro atoms. The Kier molecular flexibility index (Phi) is 4.56. The second-order valence-electron chi connectivity index (χ2n) is 4.33. The zero-order valence-corrected chi connectivity index (χ0v) is 11.1. The van der Waals surface area contributed by atoms with E-state index < -0.39 is 6.09 Å². The van der Waals surface area contributed by atoms with Crippen LogP contribution in [-0.4, -0.2) is 6.09 Å². The molecular weight excluding hydrogens is 242 g/mol. The number of amides is 1. The van der Waals surface area contributed by atoms with Crippen molar-refractivity contribution in [2.75, 3.05) is 0 Å². The summed E-state index contributed by atoms with van der Waals surface area (Å²) in [5, 5.41) is 10.1. The van der Waals surface area contributed by atoms with Gasteiger partial charge in [0.1, 0.15) is 6.09 Å². The van der Waals surface area contributed by atoms with Gasteiger partial charge in [0.2, 0.25) is 0 Å². The predicted octanol–water partition coefficient (Wildman–Crippen LogP) is 2.57. The van der Waals surface area contributed by atoms with Gasteiger partial charge in [0.05, 0.1) is 0 Å². The van der Waals surface area contributed by atoms with Crippen LogP contribution in [0.15, 0.2) is 29.2 Å². The van der Waals surface area contributed by atoms with Crippen LogP contribution in [0.2, 0.25) is 0 Å². The van der Waals surface area contributed by atoms with E-state index in [1.165, 1.54) is 16.4 Å². The fourth-order valence-electron chi connectivity index (χ4n) is 1.11. The molecule has 1 amide bonds. The Morgan fingerprint density at radius 1 is 1.25 bits per heavy atom. The molecule has 88 valence electrons. The van der Waals surface area contributed by atoms with Crippen LogP contribution in [0.5, 0.6) is 0 Å². The van der Waals surface area contributed by atoms with Crippen LogP contribution in [0.4, 0.5) is 4.79 Å². The smallest absolute Gasteiger partial charge is 0.145 e. The van der Waals surface area contributed by atoms with Crippen molar-refractivity contribution >= 4 is 27.9 Å². The first-order chi connectivity index (χ1) is 7.39. The summed E-state index contributed by atoms with van der Waals surface area (Å²) in [6.07, 6.45) is -1.27. The van der Waals surface area contributed by atoms with Gasteiger partial charge in [-0.1, -0.05) is 32.9 Å². The van der Waals surface area contributed by atoms with E-state index in [1.807, 2.05) is 12.1 Å². The van der Waals surface area contributed by atoms with Gasteiger partial charge in [-0.15, -0.1) is 0 Å². The number of hydrogen-bond acceptors (Lipinski definition) is 4. The van der Waals surface area contributed by atoms with E-state index in [9.17, 15) is 9.90 Å². The minimum absolute atomic E-state index is 0.138. The quantitative estimate of drug-likeness (QED) is 0.667. The molecule has 1 rings (SSSR count). The lowest BCUT2D eigenvalue weighted by atomic mass is 9.87. The third-order valence-corrected chi connectivity index (χ3v) is 3.86. The molecule has 1 aromatic carbocycles. The van der Waals surface area contributed by atoms with Crippen LogP contribution in [0.1, 0.15) is 26.3 Å². The average molecular weight is 256 g/mol. The number of rotatable bonds is 3. The first kappa shape index (κ1) is 13.3. The maximum atomic E-state index is 10.1. The highest BCUT2D eigenvalue weighted by atomic mass is 33.1. The largest absolute Gasteiger partial charge is 0.529 e. The molecular formula is C11H14NO2S2-. The van der Waals surface area contributed by atoms with Crippen molar-refractivity contribution in [3.63, 3.8) is 0 Å². The lowest BCUT2D eigenvalue weighted by molar-refractivity contribution is -0.247. The van der Waals surface area contributed by atoms with Gasteiger partial charge in [0.15, 0.2) is 0 Å². The second kappa shape index (κ2) is 5.50. The summed E-state index contributed by atoms with van der Waals surface area (Å²) < 4.78 is 2.12. The third kappa shape index (κ3) is 4.37. The molecule has 16 heavy (non-hydrogen) atoms. The van der Waals surface area contributed by atoms with E-state index >= 15 is 0 Å². The zero-order chi connectivity index (χ0) is 12.2. The summed E-state index contributed by atoms with van der Waals surface area (Å²) >= 11 is 0. The zero-order valence-electron chi connectivity index (χ0n) is 9.44. The number of carbonyl (C=O) groups excluding carboxylic acids is 1. The Morgan fingerprint density at radius 2 is 1.81 bits per heavy atom. The molecule has 0 atom stereocenters. The molecule has 0 bridgehead atoms. The molecule has 1 N–H and O–H groups in total. The molecule has 1 aromatic rings. The minimum Gasteiger partial charge on any atom is -0.529 e. The van der Waals surface area contributed by atoms with Crippen molar-refractivity contribution in [3.05, 3.63) is 29.8 Å². The van der Waals surface area contributed by atoms with E-state index in [0.29, 0.717) is 0 Å². The van der Waals surface area contributed by atoms with Gasteiger partial charge in [0.25, 0.3) is 0 Å². The molecule has 0 aliphatic carbocycles. The van der Waals surface area contributed by atoms with Gasteiger partial charge in [-0.3, -0.25) is 0 Å². The van der Waals surface area contributed by atoms with Crippen molar-refractivity contribution in [2.24, 2.45) is 0 Å². The first-order valence-corrected chi connectivity index (χ1v) is 6.95. The Hall–Kier alpha value is -0.810. The number of nitrogens with one attached hydrogen (secondary N) is 1. The monoisotopic (exact) mass is 256 g/mol. The van der Waals surface area contributed by atoms with E-state index in [0.717, 1.165) is 15.9 Å². The van der Waals surface area contributed by atoms with Gasteiger partial charge in [0, 0.05) is 15.9 Å². The number of carbonyl (C=O) groups is 1. The SMILES string of the molecule is CC(C)(C)c1ccc(SSNC(=O)[O-])cc1. The van der Waals surface area contributed by atoms with Crippen molar-refractivity contribution in [1.82, 2.24) is 4.72 Å². The van der Waals surface area contributed by atoms with E-state index in [-0.39, 0.29) is 5.41 Å². The van der Waals surface area contributed by atoms with E-state index in [1.54, 1.807) is 0 Å². The molecule has 0 aliphatic rings. The minimum atomic E-state index is -1.27. The highest BCUT2D eigenvalue weighted by molar-refractivity contribution is 8.76. The molecule has 5 heteroatoms. The maximum absolute atomic E-state index is 10.1. The van der Waals surface area contributed by atoms with Crippen molar-refractivity contribution in [3.8, 4) is 0 Å². The Labute approximate surface area is 104 Å². The van der Waals surface area contributed by atoms with E-state index in [2.05, 4.69) is 37.6 Å². The molecule has 0 heterocycles. The maximum Gasteiger partial charge on any atom is 0.145 e. The highest BCUT2D eigenvalue weighted by Gasteiger charge is 2.12. The van der Waals surface area contributed by atoms with Gasteiger partial charge in [-0.05, 0) is 33.9 Å². The average Bonchev–Trinajstić information content (AvgIpc) is 2.16. The van der Waals surface area contributed by atoms with Crippen LogP contribution < -0.4 is 9.83 Å². The Morgan fingerprint density at radius 3 is 2.25 bits per heavy atom. The predicted molar refractivity (Wildman–Crippen MR) is 67.1 cm³/mol. The molecule has 0 unspecified atom stereocenters. The summed E-state index contributed by atoms with van der Waals surface area (Å²) in [4.78, 5) is 11.1. The summed E-state index contributed by atoms with van der Waals surface area (Å²) in [6.45, 7) is 6.46. The van der Waals surface area contributed by atoms with Crippen LogP contribution in [0, 0.1) is 0 Å². The number of carboxylic acid groups (broad SMARTS) is 1. The van der Waals surface area contributed by atoms with Crippen LogP contribution >= 0.6 is 21.8 Å². The summed E-state index contributed by atoms with van der Waals surface area (Å²) in [5.74, 6) is 0. The Balaban J connectivity index is 2.55. The lowest BCUT2D eigenvalue weighted by Gasteiger charge is -2.18. The summed E-state index contributed by atoms with van der Waals surface area (Å²) in [7, 11) is 2.39. The van der Waals surface area contributed by atoms with Gasteiger partial charge < -0.3 is 14.6 Å². The van der Waals surface area contributed by atoms with Crippen molar-refractivity contribution < 1.29 is 9.90 Å². The third-order valence-electron chi connectivity index (χ3n) is 1.98. The Bertz CT molecular complexity index is 357. The normalized spacial score (nSPS) is 11.2. The molecule has 0 radical (unpaired) electrons. The van der Waals surface area contributed by atoms with Crippen molar-refractivity contribution in [1.29, 1.82) is 0 Å². The van der Waals surface area contributed by atoms with Crippen molar-refractivity contribution in [2.45, 2.75) is 31.1 Å². The number of hydrogen-bond donors (Lipinski definition) is 1. The van der Waals surface area contributed by atoms with E-state index in [4.69, 9.17) is 0 Å². The van der Waals surface area contributed by atoms with Gasteiger partial charge >= 0.3 is 0 Å². The molecule has 0 saturated carbocycles. The molecule has 0 aliphatic heterocycles. The molecule has 3 nitrogen and oxygen atoms in total. The standard InChI is InChI=1S/C11H15NO2S2/c1-11(2,3)8-4-6-9(7-5-8)15-16-12-10(13)14/h4-7,12H,1-3H3,(H,13,14)/p-1. The van der Waals surface area contributed by atoms with Gasteiger partial charge in [-0.2, -0.15) is 0 Å².